The third-order valence-corrected chi connectivity index (χ3v) is 6.69. The second-order valence-electron chi connectivity index (χ2n) is 9.08. The number of nitrogens with zero attached hydrogens (tertiary/aromatic N) is 5. The Bertz CT molecular complexity index is 1410. The van der Waals surface area contributed by atoms with Crippen molar-refractivity contribution >= 4 is 22.6 Å². The molecule has 1 aromatic carbocycles. The lowest BCUT2D eigenvalue weighted by atomic mass is 10.0. The molecule has 4 heterocycles. The van der Waals surface area contributed by atoms with Crippen LogP contribution in [0, 0.1) is 0 Å². The van der Waals surface area contributed by atoms with Crippen molar-refractivity contribution in [1.82, 2.24) is 29.7 Å². The van der Waals surface area contributed by atoms with Gasteiger partial charge in [0, 0.05) is 44.6 Å². The number of pyridine rings is 2. The molecule has 1 aliphatic heterocycles. The summed E-state index contributed by atoms with van der Waals surface area (Å²) in [5, 5.41) is 3.42. The zero-order chi connectivity index (χ0) is 23.6. The molecule has 4 aromatic rings. The molecule has 176 valence electrons. The van der Waals surface area contributed by atoms with Gasteiger partial charge in [0.25, 0.3) is 0 Å². The van der Waals surface area contributed by atoms with Crippen LogP contribution >= 0.6 is 0 Å². The first-order valence-electron chi connectivity index (χ1n) is 12.3. The molecule has 1 fully saturated rings. The van der Waals surface area contributed by atoms with Gasteiger partial charge in [0.15, 0.2) is 11.5 Å². The Labute approximate surface area is 205 Å². The lowest BCUT2D eigenvalue weighted by Crippen LogP contribution is -2.42. The van der Waals surface area contributed by atoms with Crippen LogP contribution in [0.5, 0.6) is 0 Å². The Hall–Kier alpha value is -3.81. The maximum atomic E-state index is 6.28. The van der Waals surface area contributed by atoms with Crippen LogP contribution in [0.1, 0.15) is 24.1 Å². The minimum atomic E-state index is 0.456. The Morgan fingerprint density at radius 1 is 0.943 bits per heavy atom. The number of fused-ring (bicyclic) bond motifs is 1. The summed E-state index contributed by atoms with van der Waals surface area (Å²) < 4.78 is 2.11. The molecule has 0 radical (unpaired) electrons. The summed E-state index contributed by atoms with van der Waals surface area (Å²) in [6.07, 6.45) is 10.4. The molecule has 1 saturated heterocycles. The maximum Gasteiger partial charge on any atom is 0.165 e. The third kappa shape index (κ3) is 4.36. The molecule has 35 heavy (non-hydrogen) atoms. The number of hydrogen-bond acceptors (Lipinski definition) is 6. The molecular weight excluding hydrogens is 434 g/mol. The predicted octanol–water partition coefficient (Wildman–Crippen LogP) is 4.20. The minimum absolute atomic E-state index is 0.456. The molecule has 6 rings (SSSR count). The monoisotopic (exact) mass is 463 g/mol. The predicted molar refractivity (Wildman–Crippen MR) is 141 cm³/mol. The van der Waals surface area contributed by atoms with Crippen molar-refractivity contribution in [1.29, 1.82) is 0 Å². The van der Waals surface area contributed by atoms with E-state index in [9.17, 15) is 0 Å². The van der Waals surface area contributed by atoms with Gasteiger partial charge in [0.1, 0.15) is 11.3 Å². The number of piperazine rings is 1. The molecule has 0 bridgehead atoms. The zero-order valence-electron chi connectivity index (χ0n) is 19.7. The Kier molecular flexibility index (Phi) is 5.86. The van der Waals surface area contributed by atoms with Crippen molar-refractivity contribution < 1.29 is 0 Å². The van der Waals surface area contributed by atoms with E-state index in [1.165, 1.54) is 5.56 Å². The molecule has 0 atom stereocenters. The highest BCUT2D eigenvalue weighted by Gasteiger charge is 2.19. The van der Waals surface area contributed by atoms with Crippen LogP contribution in [-0.2, 0) is 6.54 Å². The van der Waals surface area contributed by atoms with Crippen molar-refractivity contribution in [2.24, 2.45) is 0 Å². The number of anilines is 1. The Balaban J connectivity index is 1.45. The Morgan fingerprint density at radius 2 is 1.80 bits per heavy atom. The van der Waals surface area contributed by atoms with E-state index in [-0.39, 0.29) is 0 Å². The molecular formula is C28H29N7. The maximum absolute atomic E-state index is 6.28. The van der Waals surface area contributed by atoms with Crippen LogP contribution in [0.15, 0.2) is 73.0 Å². The fraction of sp³-hybridized carbons (Fsp3) is 0.250. The number of rotatable bonds is 5. The molecule has 0 saturated carbocycles. The summed E-state index contributed by atoms with van der Waals surface area (Å²) in [7, 11) is 0. The van der Waals surface area contributed by atoms with Gasteiger partial charge in [-0.15, -0.1) is 0 Å². The first-order chi connectivity index (χ1) is 17.3. The van der Waals surface area contributed by atoms with E-state index in [4.69, 9.17) is 15.7 Å². The van der Waals surface area contributed by atoms with Gasteiger partial charge >= 0.3 is 0 Å². The second kappa shape index (κ2) is 9.44. The first-order valence-corrected chi connectivity index (χ1v) is 12.3. The molecule has 3 aromatic heterocycles. The van der Waals surface area contributed by atoms with Gasteiger partial charge in [0.05, 0.1) is 11.3 Å². The van der Waals surface area contributed by atoms with E-state index in [2.05, 4.69) is 62.3 Å². The molecule has 1 aliphatic carbocycles. The van der Waals surface area contributed by atoms with Crippen molar-refractivity contribution in [2.75, 3.05) is 31.9 Å². The van der Waals surface area contributed by atoms with Crippen LogP contribution in [0.4, 0.5) is 5.82 Å². The summed E-state index contributed by atoms with van der Waals surface area (Å²) in [5.41, 5.74) is 13.1. The van der Waals surface area contributed by atoms with Gasteiger partial charge in [-0.05, 0) is 60.4 Å². The zero-order valence-corrected chi connectivity index (χ0v) is 19.7. The van der Waals surface area contributed by atoms with E-state index in [0.29, 0.717) is 5.82 Å². The van der Waals surface area contributed by atoms with Gasteiger partial charge in [-0.25, -0.2) is 15.0 Å². The lowest BCUT2D eigenvalue weighted by molar-refractivity contribution is 0.233. The normalized spacial score (nSPS) is 16.5. The van der Waals surface area contributed by atoms with Gasteiger partial charge in [0.2, 0.25) is 0 Å². The van der Waals surface area contributed by atoms with E-state index in [0.717, 1.165) is 85.1 Å². The average molecular weight is 464 g/mol. The highest BCUT2D eigenvalue weighted by Crippen LogP contribution is 2.31. The summed E-state index contributed by atoms with van der Waals surface area (Å²) in [4.78, 5) is 16.8. The number of aromatic nitrogens is 4. The Morgan fingerprint density at radius 3 is 2.57 bits per heavy atom. The quantitative estimate of drug-likeness (QED) is 0.461. The molecule has 7 nitrogen and oxygen atoms in total. The van der Waals surface area contributed by atoms with Crippen LogP contribution in [0.2, 0.25) is 0 Å². The molecule has 0 unspecified atom stereocenters. The van der Waals surface area contributed by atoms with Crippen molar-refractivity contribution in [3.05, 3.63) is 84.2 Å². The number of nitrogen functional groups attached to an aromatic ring is 1. The van der Waals surface area contributed by atoms with Gasteiger partial charge < -0.3 is 11.1 Å². The average Bonchev–Trinajstić information content (AvgIpc) is 3.29. The number of allylic oxidation sites excluding steroid dienone is 4. The number of nitrogens with one attached hydrogen (secondary N) is 1. The summed E-state index contributed by atoms with van der Waals surface area (Å²) in [5.74, 6) is 1.20. The molecule has 7 heteroatoms. The molecule has 0 amide bonds. The smallest absolute Gasteiger partial charge is 0.165 e. The van der Waals surface area contributed by atoms with Crippen LogP contribution in [0.3, 0.4) is 0 Å². The number of benzene rings is 1. The van der Waals surface area contributed by atoms with Crippen molar-refractivity contribution in [3.63, 3.8) is 0 Å². The van der Waals surface area contributed by atoms with Crippen LogP contribution in [0.25, 0.3) is 33.8 Å². The minimum Gasteiger partial charge on any atom is -0.383 e. The van der Waals surface area contributed by atoms with E-state index >= 15 is 0 Å². The summed E-state index contributed by atoms with van der Waals surface area (Å²) in [6.45, 7) is 5.21. The second-order valence-corrected chi connectivity index (χ2v) is 9.08. The lowest BCUT2D eigenvalue weighted by Gasteiger charge is -2.27. The summed E-state index contributed by atoms with van der Waals surface area (Å²) >= 11 is 0. The fourth-order valence-corrected chi connectivity index (χ4v) is 4.83. The number of hydrogen-bond donors (Lipinski definition) is 2. The van der Waals surface area contributed by atoms with Crippen LogP contribution < -0.4 is 11.1 Å². The van der Waals surface area contributed by atoms with Crippen LogP contribution in [-0.4, -0.2) is 50.6 Å². The standard InChI is InChI=1S/C28H29N7/c29-26-23(7-4-14-31-26)27-33-25-13-12-24(21-5-2-1-3-6-21)32-28(25)35(27)22-10-8-20(9-11-22)19-34-17-15-30-16-18-34/h2,4-14,30H,1,3,15-19H2,(H2,29,31). The highest BCUT2D eigenvalue weighted by atomic mass is 15.2. The van der Waals surface area contributed by atoms with E-state index in [1.807, 2.05) is 24.3 Å². The number of nitrogens with two attached hydrogens (primary N) is 1. The van der Waals surface area contributed by atoms with Crippen molar-refractivity contribution in [3.8, 4) is 17.1 Å². The molecule has 0 spiro atoms. The largest absolute Gasteiger partial charge is 0.383 e. The summed E-state index contributed by atoms with van der Waals surface area (Å²) in [6, 6.07) is 16.7. The molecule has 3 N–H and O–H groups in total. The first kappa shape index (κ1) is 21.7. The van der Waals surface area contributed by atoms with Gasteiger partial charge in [-0.2, -0.15) is 0 Å². The highest BCUT2D eigenvalue weighted by molar-refractivity contribution is 5.85. The SMILES string of the molecule is Nc1ncccc1-c1nc2ccc(C3=CCCC=C3)nc2n1-c1ccc(CN2CCNCC2)cc1. The van der Waals surface area contributed by atoms with Gasteiger partial charge in [-0.3, -0.25) is 9.47 Å². The van der Waals surface area contributed by atoms with Gasteiger partial charge in [-0.1, -0.05) is 30.4 Å². The topological polar surface area (TPSA) is 84.9 Å². The van der Waals surface area contributed by atoms with Crippen molar-refractivity contribution in [2.45, 2.75) is 19.4 Å². The molecule has 2 aliphatic rings. The van der Waals surface area contributed by atoms with E-state index in [1.54, 1.807) is 6.20 Å². The third-order valence-electron chi connectivity index (χ3n) is 6.69. The van der Waals surface area contributed by atoms with E-state index < -0.39 is 0 Å². The number of imidazole rings is 1. The fourth-order valence-electron chi connectivity index (χ4n) is 4.83.